The number of nitrogens with zero attached hydrogens (tertiary/aromatic N) is 5. The van der Waals surface area contributed by atoms with Crippen LogP contribution < -0.4 is 5.73 Å². The number of hydrogen-bond donors (Lipinski definition) is 1. The van der Waals surface area contributed by atoms with Gasteiger partial charge in [0.15, 0.2) is 5.82 Å². The first-order chi connectivity index (χ1) is 8.06. The summed E-state index contributed by atoms with van der Waals surface area (Å²) in [6, 6.07) is -0.251. The highest BCUT2D eigenvalue weighted by molar-refractivity contribution is 5.49. The van der Waals surface area contributed by atoms with Crippen molar-refractivity contribution in [3.8, 4) is 11.5 Å². The zero-order valence-corrected chi connectivity index (χ0v) is 10.2. The summed E-state index contributed by atoms with van der Waals surface area (Å²) in [7, 11) is 5.72. The van der Waals surface area contributed by atoms with Gasteiger partial charge in [0.25, 0.3) is 5.89 Å². The van der Waals surface area contributed by atoms with Gasteiger partial charge in [0.1, 0.15) is 0 Å². The van der Waals surface area contributed by atoms with E-state index in [1.54, 1.807) is 10.9 Å². The van der Waals surface area contributed by atoms with E-state index in [4.69, 9.17) is 10.3 Å². The van der Waals surface area contributed by atoms with E-state index in [0.717, 1.165) is 5.56 Å². The van der Waals surface area contributed by atoms with Gasteiger partial charge in [-0.2, -0.15) is 10.1 Å². The molecule has 0 radical (unpaired) electrons. The van der Waals surface area contributed by atoms with Crippen LogP contribution in [-0.2, 0) is 7.05 Å². The molecule has 0 bridgehead atoms. The van der Waals surface area contributed by atoms with Gasteiger partial charge in [-0.05, 0) is 14.1 Å². The molecule has 0 saturated heterocycles. The summed E-state index contributed by atoms with van der Waals surface area (Å²) in [6.45, 7) is 0.673. The fraction of sp³-hybridized carbons (Fsp3) is 0.500. The Morgan fingerprint density at radius 1 is 1.53 bits per heavy atom. The number of aryl methyl sites for hydroxylation is 1. The van der Waals surface area contributed by atoms with Crippen LogP contribution in [0.1, 0.15) is 11.9 Å². The fourth-order valence-corrected chi connectivity index (χ4v) is 1.51. The monoisotopic (exact) mass is 236 g/mol. The molecule has 2 N–H and O–H groups in total. The van der Waals surface area contributed by atoms with Gasteiger partial charge in [0.05, 0.1) is 17.8 Å². The first kappa shape index (κ1) is 11.7. The van der Waals surface area contributed by atoms with Gasteiger partial charge in [-0.15, -0.1) is 0 Å². The van der Waals surface area contributed by atoms with Crippen molar-refractivity contribution in [1.29, 1.82) is 0 Å². The number of aromatic nitrogens is 4. The normalized spacial score (nSPS) is 13.2. The summed E-state index contributed by atoms with van der Waals surface area (Å²) >= 11 is 0. The lowest BCUT2D eigenvalue weighted by Crippen LogP contribution is -2.26. The lowest BCUT2D eigenvalue weighted by Gasteiger charge is -2.12. The highest BCUT2D eigenvalue weighted by atomic mass is 16.5. The first-order valence-electron chi connectivity index (χ1n) is 5.29. The summed E-state index contributed by atoms with van der Waals surface area (Å²) < 4.78 is 6.83. The average molecular weight is 236 g/mol. The van der Waals surface area contributed by atoms with Crippen molar-refractivity contribution in [3.63, 3.8) is 0 Å². The number of hydrogen-bond acceptors (Lipinski definition) is 6. The van der Waals surface area contributed by atoms with Crippen LogP contribution in [0.25, 0.3) is 11.5 Å². The molecule has 2 aromatic heterocycles. The Hall–Kier alpha value is -1.73. The predicted octanol–water partition coefficient (Wildman–Crippen LogP) is 0.0315. The van der Waals surface area contributed by atoms with Crippen LogP contribution in [0.3, 0.4) is 0 Å². The highest BCUT2D eigenvalue weighted by Crippen LogP contribution is 2.17. The molecule has 2 aromatic rings. The van der Waals surface area contributed by atoms with E-state index in [9.17, 15) is 0 Å². The van der Waals surface area contributed by atoms with Crippen LogP contribution in [-0.4, -0.2) is 45.5 Å². The minimum Gasteiger partial charge on any atom is -0.334 e. The van der Waals surface area contributed by atoms with E-state index in [2.05, 4.69) is 15.2 Å². The Bertz CT molecular complexity index is 488. The first-order valence-corrected chi connectivity index (χ1v) is 5.29. The Kier molecular flexibility index (Phi) is 3.21. The number of rotatable bonds is 4. The highest BCUT2D eigenvalue weighted by Gasteiger charge is 2.16. The Morgan fingerprint density at radius 3 is 2.88 bits per heavy atom. The van der Waals surface area contributed by atoms with Crippen molar-refractivity contribution in [3.05, 3.63) is 18.2 Å². The number of nitrogens with two attached hydrogens (primary N) is 1. The van der Waals surface area contributed by atoms with Gasteiger partial charge in [-0.3, -0.25) is 4.68 Å². The second-order valence-electron chi connectivity index (χ2n) is 4.23. The number of likely N-dealkylation sites (N-methyl/N-ethyl adjacent to an activating group) is 1. The molecule has 0 amide bonds. The summed E-state index contributed by atoms with van der Waals surface area (Å²) in [4.78, 5) is 6.24. The Labute approximate surface area is 99.2 Å². The van der Waals surface area contributed by atoms with E-state index in [1.165, 1.54) is 0 Å². The molecule has 0 aliphatic carbocycles. The third-order valence-electron chi connectivity index (χ3n) is 2.29. The van der Waals surface area contributed by atoms with Crippen LogP contribution in [0.5, 0.6) is 0 Å². The summed E-state index contributed by atoms with van der Waals surface area (Å²) in [5.41, 5.74) is 6.74. The predicted molar refractivity (Wildman–Crippen MR) is 62.0 cm³/mol. The minimum absolute atomic E-state index is 0.251. The fourth-order valence-electron chi connectivity index (χ4n) is 1.51. The molecular formula is C10H16N6O. The van der Waals surface area contributed by atoms with E-state index < -0.39 is 0 Å². The van der Waals surface area contributed by atoms with Crippen LogP contribution in [0, 0.1) is 0 Å². The van der Waals surface area contributed by atoms with E-state index >= 15 is 0 Å². The molecule has 0 saturated carbocycles. The molecule has 92 valence electrons. The zero-order valence-electron chi connectivity index (χ0n) is 10.2. The molecule has 0 aromatic carbocycles. The van der Waals surface area contributed by atoms with E-state index in [0.29, 0.717) is 18.3 Å². The second-order valence-corrected chi connectivity index (χ2v) is 4.23. The average Bonchev–Trinajstić information content (AvgIpc) is 2.84. The van der Waals surface area contributed by atoms with Crippen molar-refractivity contribution in [1.82, 2.24) is 24.8 Å². The molecule has 1 unspecified atom stereocenters. The third-order valence-corrected chi connectivity index (χ3v) is 2.29. The molecule has 2 heterocycles. The van der Waals surface area contributed by atoms with Crippen molar-refractivity contribution in [2.45, 2.75) is 6.04 Å². The van der Waals surface area contributed by atoms with Gasteiger partial charge >= 0.3 is 0 Å². The topological polar surface area (TPSA) is 86.0 Å². The van der Waals surface area contributed by atoms with Gasteiger partial charge < -0.3 is 15.2 Å². The largest absolute Gasteiger partial charge is 0.334 e. The van der Waals surface area contributed by atoms with Crippen LogP contribution in [0.15, 0.2) is 16.9 Å². The quantitative estimate of drug-likeness (QED) is 0.806. The molecule has 0 spiro atoms. The van der Waals surface area contributed by atoms with Crippen LogP contribution >= 0.6 is 0 Å². The second kappa shape index (κ2) is 4.64. The summed E-state index contributed by atoms with van der Waals surface area (Å²) in [5, 5.41) is 7.92. The van der Waals surface area contributed by atoms with Crippen molar-refractivity contribution < 1.29 is 4.52 Å². The molecule has 0 fully saturated rings. The molecular weight excluding hydrogens is 220 g/mol. The van der Waals surface area contributed by atoms with Crippen molar-refractivity contribution in [2.24, 2.45) is 12.8 Å². The van der Waals surface area contributed by atoms with Crippen LogP contribution in [0.4, 0.5) is 0 Å². The molecule has 17 heavy (non-hydrogen) atoms. The maximum Gasteiger partial charge on any atom is 0.261 e. The van der Waals surface area contributed by atoms with Gasteiger partial charge in [-0.1, -0.05) is 5.16 Å². The summed E-state index contributed by atoms with van der Waals surface area (Å²) in [6.07, 6.45) is 3.49. The van der Waals surface area contributed by atoms with Crippen molar-refractivity contribution >= 4 is 0 Å². The Balaban J connectivity index is 2.15. The van der Waals surface area contributed by atoms with Gasteiger partial charge in [-0.25, -0.2) is 0 Å². The van der Waals surface area contributed by atoms with E-state index in [1.807, 2.05) is 32.2 Å². The lowest BCUT2D eigenvalue weighted by molar-refractivity contribution is 0.357. The minimum atomic E-state index is -0.251. The maximum absolute atomic E-state index is 5.95. The summed E-state index contributed by atoms with van der Waals surface area (Å²) in [5.74, 6) is 0.958. The molecule has 7 heteroatoms. The third kappa shape index (κ3) is 2.69. The maximum atomic E-state index is 5.95. The van der Waals surface area contributed by atoms with Gasteiger partial charge in [0, 0.05) is 19.8 Å². The van der Waals surface area contributed by atoms with Gasteiger partial charge in [0.2, 0.25) is 0 Å². The SMILES string of the molecule is CN(C)CC(N)c1noc(-c2cnn(C)c2)n1. The molecule has 0 aliphatic heterocycles. The molecule has 2 rings (SSSR count). The zero-order chi connectivity index (χ0) is 12.4. The van der Waals surface area contributed by atoms with Crippen LogP contribution in [0.2, 0.25) is 0 Å². The molecule has 1 atom stereocenters. The molecule has 0 aliphatic rings. The smallest absolute Gasteiger partial charge is 0.261 e. The molecule has 7 nitrogen and oxygen atoms in total. The van der Waals surface area contributed by atoms with Crippen molar-refractivity contribution in [2.75, 3.05) is 20.6 Å². The van der Waals surface area contributed by atoms with E-state index in [-0.39, 0.29) is 6.04 Å². The lowest BCUT2D eigenvalue weighted by atomic mass is 10.3. The standard InChI is InChI=1S/C10H16N6O/c1-15(2)6-8(11)9-13-10(17-14-9)7-4-12-16(3)5-7/h4-5,8H,6,11H2,1-3H3. The Morgan fingerprint density at radius 2 is 2.29 bits per heavy atom.